The molecule has 0 aliphatic rings. The summed E-state index contributed by atoms with van der Waals surface area (Å²) in [4.78, 5) is 10.9. The third-order valence-electron chi connectivity index (χ3n) is 1.43. The maximum atomic E-state index is 12.9. The van der Waals surface area contributed by atoms with Crippen LogP contribution in [0.5, 0.6) is 0 Å². The second-order valence-corrected chi connectivity index (χ2v) is 5.82. The van der Waals surface area contributed by atoms with Crippen LogP contribution >= 0.6 is 46.8 Å². The number of rotatable bonds is 3. The lowest BCUT2D eigenvalue weighted by Gasteiger charge is -2.20. The first-order valence-electron chi connectivity index (χ1n) is 3.84. The van der Waals surface area contributed by atoms with Crippen LogP contribution in [-0.4, -0.2) is 15.1 Å². The van der Waals surface area contributed by atoms with Crippen LogP contribution in [0.3, 0.4) is 0 Å². The summed E-state index contributed by atoms with van der Waals surface area (Å²) in [7, 11) is 0. The van der Waals surface area contributed by atoms with Gasteiger partial charge in [0.1, 0.15) is 0 Å². The molecule has 0 fully saturated rings. The van der Waals surface area contributed by atoms with Crippen LogP contribution < -0.4 is 4.31 Å². The molecule has 1 aromatic rings. The highest BCUT2D eigenvalue weighted by molar-refractivity contribution is 8.04. The van der Waals surface area contributed by atoms with Crippen molar-refractivity contribution in [2.45, 2.75) is 3.92 Å². The second-order valence-electron chi connectivity index (χ2n) is 2.59. The molecule has 0 radical (unpaired) electrons. The van der Waals surface area contributed by atoms with Crippen molar-refractivity contribution in [3.05, 3.63) is 29.3 Å². The van der Waals surface area contributed by atoms with Crippen LogP contribution in [0.1, 0.15) is 0 Å². The first kappa shape index (κ1) is 16.6. The summed E-state index contributed by atoms with van der Waals surface area (Å²) in [5.74, 6) is 0. The molecule has 0 bridgehead atoms. The molecular weight excluding hydrogens is 319 g/mol. The van der Waals surface area contributed by atoms with Crippen LogP contribution in [0.15, 0.2) is 24.3 Å². The Kier molecular flexibility index (Phi) is 6.32. The van der Waals surface area contributed by atoms with E-state index < -0.39 is 10.0 Å². The molecule has 1 aromatic carbocycles. The van der Waals surface area contributed by atoms with Gasteiger partial charge in [-0.3, -0.25) is 4.70 Å². The fraction of sp³-hybridized carbons (Fsp3) is 0.125. The highest BCUT2D eigenvalue weighted by Crippen LogP contribution is 2.40. The number of hydrogen-bond acceptors (Lipinski definition) is 2. The molecule has 0 aliphatic heterocycles. The molecule has 3 nitrogen and oxygen atoms in total. The summed E-state index contributed by atoms with van der Waals surface area (Å²) in [5.41, 5.74) is 0.199. The predicted molar refractivity (Wildman–Crippen MR) is 67.6 cm³/mol. The Labute approximate surface area is 115 Å². The minimum Gasteiger partial charge on any atom is -0.464 e. The van der Waals surface area contributed by atoms with Gasteiger partial charge in [0.25, 0.3) is 0 Å². The molecular formula is C8H6Cl3F2NO2S. The number of carbonyl (C=O) groups is 1. The highest BCUT2D eigenvalue weighted by atomic mass is 35.5. The van der Waals surface area contributed by atoms with Crippen LogP contribution in [0.2, 0.25) is 5.02 Å². The van der Waals surface area contributed by atoms with Gasteiger partial charge in [-0.05, 0) is 24.3 Å². The number of alkyl halides is 3. The molecule has 1 N–H and O–H groups in total. The van der Waals surface area contributed by atoms with E-state index in [1.165, 1.54) is 24.3 Å². The quantitative estimate of drug-likeness (QED) is 0.648. The van der Waals surface area contributed by atoms with Gasteiger partial charge in [0.15, 0.2) is 0 Å². The Hall–Kier alpha value is -0.430. The first-order chi connectivity index (χ1) is 7.29. The maximum absolute atomic E-state index is 12.9. The zero-order chi connectivity index (χ0) is 12.3. The average molecular weight is 325 g/mol. The van der Waals surface area contributed by atoms with E-state index in [9.17, 15) is 9.18 Å². The van der Waals surface area contributed by atoms with Crippen molar-refractivity contribution >= 4 is 58.5 Å². The summed E-state index contributed by atoms with van der Waals surface area (Å²) >= 11 is 15.9. The third-order valence-corrected chi connectivity index (χ3v) is 2.85. The van der Waals surface area contributed by atoms with Crippen molar-refractivity contribution in [3.8, 4) is 0 Å². The van der Waals surface area contributed by atoms with Crippen molar-refractivity contribution < 1.29 is 19.0 Å². The van der Waals surface area contributed by atoms with E-state index in [2.05, 4.69) is 0 Å². The Morgan fingerprint density at radius 3 is 2.18 bits per heavy atom. The second kappa shape index (κ2) is 6.49. The molecule has 0 heterocycles. The van der Waals surface area contributed by atoms with E-state index in [1.807, 2.05) is 0 Å². The van der Waals surface area contributed by atoms with Gasteiger partial charge in [0.05, 0.1) is 5.69 Å². The van der Waals surface area contributed by atoms with E-state index in [4.69, 9.17) is 39.9 Å². The van der Waals surface area contributed by atoms with Crippen molar-refractivity contribution in [1.82, 2.24) is 0 Å². The molecule has 0 saturated heterocycles. The van der Waals surface area contributed by atoms with E-state index in [-0.39, 0.29) is 22.3 Å². The molecule has 1 amide bonds. The zero-order valence-electron chi connectivity index (χ0n) is 7.94. The SMILES string of the molecule is F.O=C(O)N(SC(F)(Cl)Cl)c1ccc(Cl)cc1. The Morgan fingerprint density at radius 2 is 1.82 bits per heavy atom. The number of hydrogen-bond donors (Lipinski definition) is 1. The van der Waals surface area contributed by atoms with E-state index >= 15 is 0 Å². The van der Waals surface area contributed by atoms with Crippen molar-refractivity contribution in [3.63, 3.8) is 0 Å². The van der Waals surface area contributed by atoms with Crippen molar-refractivity contribution in [2.75, 3.05) is 4.31 Å². The first-order valence-corrected chi connectivity index (χ1v) is 5.75. The topological polar surface area (TPSA) is 40.5 Å². The van der Waals surface area contributed by atoms with Gasteiger partial charge in [-0.25, -0.2) is 9.10 Å². The molecule has 0 aliphatic carbocycles. The van der Waals surface area contributed by atoms with Gasteiger partial charge >= 0.3 is 10.0 Å². The highest BCUT2D eigenvalue weighted by Gasteiger charge is 2.31. The van der Waals surface area contributed by atoms with Crippen LogP contribution in [0.25, 0.3) is 0 Å². The summed E-state index contributed by atoms with van der Waals surface area (Å²) in [6.45, 7) is 0. The zero-order valence-corrected chi connectivity index (χ0v) is 11.0. The summed E-state index contributed by atoms with van der Waals surface area (Å²) in [6.07, 6.45) is -1.39. The number of benzene rings is 1. The normalized spacial score (nSPS) is 10.6. The number of nitrogens with zero attached hydrogens (tertiary/aromatic N) is 1. The number of anilines is 1. The van der Waals surface area contributed by atoms with Gasteiger partial charge in [-0.1, -0.05) is 34.8 Å². The largest absolute Gasteiger partial charge is 0.464 e. The molecule has 96 valence electrons. The van der Waals surface area contributed by atoms with Crippen molar-refractivity contribution in [2.24, 2.45) is 0 Å². The molecule has 1 rings (SSSR count). The number of halogens is 5. The third kappa shape index (κ3) is 5.63. The molecule has 0 saturated carbocycles. The number of carboxylic acid groups (broad SMARTS) is 1. The van der Waals surface area contributed by atoms with Gasteiger partial charge in [0.2, 0.25) is 0 Å². The van der Waals surface area contributed by atoms with Crippen LogP contribution in [-0.2, 0) is 0 Å². The maximum Gasteiger partial charge on any atom is 0.422 e. The van der Waals surface area contributed by atoms with Gasteiger partial charge < -0.3 is 5.11 Å². The van der Waals surface area contributed by atoms with Gasteiger partial charge in [0, 0.05) is 17.0 Å². The fourth-order valence-corrected chi connectivity index (χ4v) is 1.93. The lowest BCUT2D eigenvalue weighted by Crippen LogP contribution is -2.25. The molecule has 0 aromatic heterocycles. The fourth-order valence-electron chi connectivity index (χ4n) is 0.882. The monoisotopic (exact) mass is 323 g/mol. The Balaban J connectivity index is 0.00000256. The van der Waals surface area contributed by atoms with E-state index in [0.29, 0.717) is 9.33 Å². The minimum absolute atomic E-state index is 0. The lowest BCUT2D eigenvalue weighted by atomic mass is 10.3. The smallest absolute Gasteiger partial charge is 0.422 e. The van der Waals surface area contributed by atoms with Crippen LogP contribution in [0.4, 0.5) is 19.6 Å². The number of amides is 1. The molecule has 0 atom stereocenters. The molecule has 0 spiro atoms. The summed E-state index contributed by atoms with van der Waals surface area (Å²) in [5, 5.41) is 9.28. The van der Waals surface area contributed by atoms with E-state index in [0.717, 1.165) is 0 Å². The van der Waals surface area contributed by atoms with Gasteiger partial charge in [-0.2, -0.15) is 4.39 Å². The molecule has 9 heteroatoms. The lowest BCUT2D eigenvalue weighted by molar-refractivity contribution is 0.206. The summed E-state index contributed by atoms with van der Waals surface area (Å²) in [6, 6.07) is 5.75. The predicted octanol–water partition coefficient (Wildman–Crippen LogP) is 4.68. The Morgan fingerprint density at radius 1 is 1.35 bits per heavy atom. The van der Waals surface area contributed by atoms with Crippen LogP contribution in [0, 0.1) is 0 Å². The Bertz CT molecular complexity index is 385. The van der Waals surface area contributed by atoms with Gasteiger partial charge in [-0.15, -0.1) is 0 Å². The molecule has 17 heavy (non-hydrogen) atoms. The minimum atomic E-state index is -2.72. The molecule has 0 unspecified atom stereocenters. The standard InChI is InChI=1S/C8H5Cl3FNO2S.FH/c9-5-1-3-6(4-2-5)13(7(14)15)16-8(10,11)12;/h1-4H,(H,14,15);1H. The van der Waals surface area contributed by atoms with Crippen molar-refractivity contribution in [1.29, 1.82) is 0 Å². The van der Waals surface area contributed by atoms with E-state index in [1.54, 1.807) is 0 Å². The summed E-state index contributed by atoms with van der Waals surface area (Å²) < 4.78 is 10.8. The average Bonchev–Trinajstić information content (AvgIpc) is 2.14.